The molecular formula is C20H21N3O2S. The number of nitrogens with zero attached hydrogens (tertiary/aromatic N) is 3. The van der Waals surface area contributed by atoms with E-state index in [1.165, 1.54) is 11.8 Å². The molecule has 0 radical (unpaired) electrons. The van der Waals surface area contributed by atoms with E-state index < -0.39 is 6.10 Å². The van der Waals surface area contributed by atoms with Crippen molar-refractivity contribution in [3.8, 4) is 17.1 Å². The van der Waals surface area contributed by atoms with E-state index in [0.29, 0.717) is 12.3 Å². The van der Waals surface area contributed by atoms with Crippen LogP contribution in [-0.4, -0.2) is 32.7 Å². The number of thioether (sulfide) groups is 1. The molecule has 1 atom stereocenters. The number of allylic oxidation sites excluding steroid dienone is 1. The van der Waals surface area contributed by atoms with Gasteiger partial charge < -0.3 is 9.84 Å². The Morgan fingerprint density at radius 3 is 2.54 bits per heavy atom. The number of benzene rings is 2. The standard InChI is InChI=1S/C20H21N3O2S/c1-3-13-23-19(16-9-11-17(25-2)12-10-16)21-22-20(23)26-14-18(24)15-7-5-4-6-8-15/h3-12,18,24H,1,13-14H2,2H3/t18-/m0/s1. The van der Waals surface area contributed by atoms with Crippen molar-refractivity contribution in [1.29, 1.82) is 0 Å². The Bertz CT molecular complexity index is 847. The molecule has 0 spiro atoms. The summed E-state index contributed by atoms with van der Waals surface area (Å²) in [7, 11) is 1.64. The van der Waals surface area contributed by atoms with Crippen molar-refractivity contribution in [2.75, 3.05) is 12.9 Å². The molecule has 1 N–H and O–H groups in total. The van der Waals surface area contributed by atoms with Crippen molar-refractivity contribution in [3.63, 3.8) is 0 Å². The molecule has 0 fully saturated rings. The van der Waals surface area contributed by atoms with Crippen LogP contribution in [0, 0.1) is 0 Å². The first-order valence-electron chi connectivity index (χ1n) is 8.27. The molecule has 0 saturated carbocycles. The first kappa shape index (κ1) is 18.2. The summed E-state index contributed by atoms with van der Waals surface area (Å²) in [4.78, 5) is 0. The van der Waals surface area contributed by atoms with E-state index in [-0.39, 0.29) is 0 Å². The minimum atomic E-state index is -0.556. The molecule has 3 rings (SSSR count). The van der Waals surface area contributed by atoms with Crippen LogP contribution in [0.4, 0.5) is 0 Å². The average molecular weight is 367 g/mol. The van der Waals surface area contributed by atoms with Gasteiger partial charge in [-0.15, -0.1) is 16.8 Å². The Hall–Kier alpha value is -2.57. The van der Waals surface area contributed by atoms with Crippen LogP contribution in [0.15, 0.2) is 72.4 Å². The van der Waals surface area contributed by atoms with E-state index in [1.54, 1.807) is 7.11 Å². The summed E-state index contributed by atoms with van der Waals surface area (Å²) in [6.07, 6.45) is 1.26. The van der Waals surface area contributed by atoms with Crippen LogP contribution in [0.2, 0.25) is 0 Å². The van der Waals surface area contributed by atoms with E-state index in [1.807, 2.05) is 65.2 Å². The molecule has 0 saturated heterocycles. The molecule has 26 heavy (non-hydrogen) atoms. The summed E-state index contributed by atoms with van der Waals surface area (Å²) in [5, 5.41) is 19.8. The predicted molar refractivity (Wildman–Crippen MR) is 104 cm³/mol. The predicted octanol–water partition coefficient (Wildman–Crippen LogP) is 3.97. The summed E-state index contributed by atoms with van der Waals surface area (Å²) >= 11 is 1.48. The van der Waals surface area contributed by atoms with Crippen LogP contribution in [0.25, 0.3) is 11.4 Å². The van der Waals surface area contributed by atoms with Gasteiger partial charge in [-0.05, 0) is 29.8 Å². The highest BCUT2D eigenvalue weighted by molar-refractivity contribution is 7.99. The molecule has 1 aromatic heterocycles. The van der Waals surface area contributed by atoms with Gasteiger partial charge in [-0.25, -0.2) is 0 Å². The van der Waals surface area contributed by atoms with Crippen LogP contribution in [0.1, 0.15) is 11.7 Å². The van der Waals surface area contributed by atoms with Gasteiger partial charge in [-0.1, -0.05) is 48.2 Å². The topological polar surface area (TPSA) is 60.2 Å². The third-order valence-corrected chi connectivity index (χ3v) is 4.97. The van der Waals surface area contributed by atoms with Gasteiger partial charge in [-0.2, -0.15) is 0 Å². The smallest absolute Gasteiger partial charge is 0.191 e. The molecular weight excluding hydrogens is 346 g/mol. The zero-order valence-electron chi connectivity index (χ0n) is 14.6. The fraction of sp³-hybridized carbons (Fsp3) is 0.200. The van der Waals surface area contributed by atoms with Crippen LogP contribution in [-0.2, 0) is 6.54 Å². The fourth-order valence-corrected chi connectivity index (χ4v) is 3.48. The summed E-state index contributed by atoms with van der Waals surface area (Å²) in [6, 6.07) is 17.3. The summed E-state index contributed by atoms with van der Waals surface area (Å²) in [5.74, 6) is 2.07. The van der Waals surface area contributed by atoms with Gasteiger partial charge >= 0.3 is 0 Å². The largest absolute Gasteiger partial charge is 0.497 e. The first-order chi connectivity index (χ1) is 12.7. The number of hydrogen-bond acceptors (Lipinski definition) is 5. The molecule has 0 aliphatic heterocycles. The van der Waals surface area contributed by atoms with Crippen molar-refractivity contribution < 1.29 is 9.84 Å². The van der Waals surface area contributed by atoms with Gasteiger partial charge in [0, 0.05) is 17.9 Å². The molecule has 2 aromatic carbocycles. The average Bonchev–Trinajstić information content (AvgIpc) is 3.10. The molecule has 0 bridgehead atoms. The number of aliphatic hydroxyl groups excluding tert-OH is 1. The Labute approximate surface area is 157 Å². The number of aromatic nitrogens is 3. The third kappa shape index (κ3) is 4.15. The van der Waals surface area contributed by atoms with E-state index in [0.717, 1.165) is 27.9 Å². The Balaban J connectivity index is 1.79. The second kappa shape index (κ2) is 8.69. The van der Waals surface area contributed by atoms with Gasteiger partial charge in [-0.3, -0.25) is 4.57 Å². The molecule has 1 heterocycles. The van der Waals surface area contributed by atoms with Gasteiger partial charge in [0.2, 0.25) is 0 Å². The van der Waals surface area contributed by atoms with E-state index in [4.69, 9.17) is 4.74 Å². The fourth-order valence-electron chi connectivity index (χ4n) is 2.57. The number of ether oxygens (including phenoxy) is 1. The first-order valence-corrected chi connectivity index (χ1v) is 9.26. The summed E-state index contributed by atoms with van der Waals surface area (Å²) in [5.41, 5.74) is 1.85. The SMILES string of the molecule is C=CCn1c(SC[C@H](O)c2ccccc2)nnc1-c1ccc(OC)cc1. The molecule has 3 aromatic rings. The minimum absolute atomic E-state index is 0.502. The lowest BCUT2D eigenvalue weighted by Gasteiger charge is -2.11. The van der Waals surface area contributed by atoms with Crippen molar-refractivity contribution in [1.82, 2.24) is 14.8 Å². The quantitative estimate of drug-likeness (QED) is 0.482. The van der Waals surface area contributed by atoms with Crippen LogP contribution in [0.3, 0.4) is 0 Å². The number of aliphatic hydroxyl groups is 1. The Kier molecular flexibility index (Phi) is 6.09. The molecule has 0 amide bonds. The maximum absolute atomic E-state index is 10.4. The van der Waals surface area contributed by atoms with Crippen LogP contribution >= 0.6 is 11.8 Å². The lowest BCUT2D eigenvalue weighted by atomic mass is 10.1. The summed E-state index contributed by atoms with van der Waals surface area (Å²) in [6.45, 7) is 4.42. The van der Waals surface area contributed by atoms with Crippen molar-refractivity contribution in [2.45, 2.75) is 17.8 Å². The molecule has 0 unspecified atom stereocenters. The molecule has 5 nitrogen and oxygen atoms in total. The second-order valence-electron chi connectivity index (χ2n) is 5.67. The third-order valence-electron chi connectivity index (χ3n) is 3.93. The maximum atomic E-state index is 10.4. The van der Waals surface area contributed by atoms with Gasteiger partial charge in [0.25, 0.3) is 0 Å². The van der Waals surface area contributed by atoms with E-state index in [2.05, 4.69) is 16.8 Å². The number of hydrogen-bond donors (Lipinski definition) is 1. The zero-order chi connectivity index (χ0) is 18.4. The lowest BCUT2D eigenvalue weighted by Crippen LogP contribution is -2.04. The van der Waals surface area contributed by atoms with Crippen molar-refractivity contribution >= 4 is 11.8 Å². The molecule has 0 aliphatic rings. The van der Waals surface area contributed by atoms with Gasteiger partial charge in [0.15, 0.2) is 11.0 Å². The molecule has 6 heteroatoms. The Morgan fingerprint density at radius 1 is 1.15 bits per heavy atom. The monoisotopic (exact) mass is 367 g/mol. The van der Waals surface area contributed by atoms with Gasteiger partial charge in [0.1, 0.15) is 5.75 Å². The number of methoxy groups -OCH3 is 1. The van der Waals surface area contributed by atoms with Gasteiger partial charge in [0.05, 0.1) is 13.2 Å². The highest BCUT2D eigenvalue weighted by Crippen LogP contribution is 2.28. The van der Waals surface area contributed by atoms with Crippen molar-refractivity contribution in [3.05, 3.63) is 72.8 Å². The van der Waals surface area contributed by atoms with E-state index >= 15 is 0 Å². The highest BCUT2D eigenvalue weighted by atomic mass is 32.2. The highest BCUT2D eigenvalue weighted by Gasteiger charge is 2.16. The molecule has 134 valence electrons. The van der Waals surface area contributed by atoms with Crippen LogP contribution in [0.5, 0.6) is 5.75 Å². The van der Waals surface area contributed by atoms with E-state index in [9.17, 15) is 5.11 Å². The maximum Gasteiger partial charge on any atom is 0.191 e. The lowest BCUT2D eigenvalue weighted by molar-refractivity contribution is 0.204. The number of rotatable bonds is 8. The minimum Gasteiger partial charge on any atom is -0.497 e. The second-order valence-corrected chi connectivity index (χ2v) is 6.66. The van der Waals surface area contributed by atoms with Crippen molar-refractivity contribution in [2.24, 2.45) is 0 Å². The summed E-state index contributed by atoms with van der Waals surface area (Å²) < 4.78 is 7.20. The zero-order valence-corrected chi connectivity index (χ0v) is 15.4. The van der Waals surface area contributed by atoms with Crippen LogP contribution < -0.4 is 4.74 Å². The Morgan fingerprint density at radius 2 is 1.88 bits per heavy atom. The molecule has 0 aliphatic carbocycles. The normalized spacial score (nSPS) is 11.9.